The number of sulfone groups is 1. The van der Waals surface area contributed by atoms with Gasteiger partial charge in [-0.3, -0.25) is 4.99 Å². The largest absolute Gasteiger partial charge is 0.361 e. The van der Waals surface area contributed by atoms with Crippen LogP contribution in [0.1, 0.15) is 38.8 Å². The molecule has 7 heteroatoms. The van der Waals surface area contributed by atoms with Crippen LogP contribution in [0.3, 0.4) is 0 Å². The van der Waals surface area contributed by atoms with Gasteiger partial charge in [0, 0.05) is 43.3 Å². The normalized spacial score (nSPS) is 19.1. The summed E-state index contributed by atoms with van der Waals surface area (Å²) in [5.74, 6) is 0.978. The summed E-state index contributed by atoms with van der Waals surface area (Å²) in [7, 11) is -3.06. The number of hydrogen-bond acceptors (Lipinski definition) is 3. The Kier molecular flexibility index (Phi) is 6.03. The molecule has 0 bridgehead atoms. The molecule has 1 saturated heterocycles. The first-order chi connectivity index (χ1) is 13.3. The van der Waals surface area contributed by atoms with Crippen molar-refractivity contribution in [1.82, 2.24) is 15.2 Å². The molecule has 0 aliphatic carbocycles. The minimum atomic E-state index is -3.06. The quantitative estimate of drug-likeness (QED) is 0.593. The van der Waals surface area contributed by atoms with Crippen LogP contribution in [-0.4, -0.2) is 60.9 Å². The molecule has 2 N–H and O–H groups in total. The number of fused-ring (bicyclic) bond motifs is 1. The molecule has 1 aromatic carbocycles. The molecule has 28 heavy (non-hydrogen) atoms. The monoisotopic (exact) mass is 404 g/mol. The highest BCUT2D eigenvalue weighted by atomic mass is 32.2. The standard InChI is InChI=1S/C21H32N4O2S/c1-5-16-8-7-9-18-17(14-24-19(16)18)10-11-23-20(22-6-2)25-12-13-28(26,27)21(3,4)15-25/h7-9,14,24H,5-6,10-13,15H2,1-4H3,(H,22,23). The molecular formula is C21H32N4O2S. The van der Waals surface area contributed by atoms with Crippen molar-refractivity contribution < 1.29 is 8.42 Å². The van der Waals surface area contributed by atoms with Gasteiger partial charge in [0.25, 0.3) is 0 Å². The van der Waals surface area contributed by atoms with E-state index in [1.807, 2.05) is 6.92 Å². The van der Waals surface area contributed by atoms with Crippen molar-refractivity contribution in [2.45, 2.75) is 45.3 Å². The van der Waals surface area contributed by atoms with E-state index in [0.29, 0.717) is 19.6 Å². The molecule has 0 atom stereocenters. The van der Waals surface area contributed by atoms with E-state index in [0.717, 1.165) is 25.3 Å². The summed E-state index contributed by atoms with van der Waals surface area (Å²) in [6, 6.07) is 6.44. The van der Waals surface area contributed by atoms with E-state index in [9.17, 15) is 8.42 Å². The van der Waals surface area contributed by atoms with Crippen molar-refractivity contribution in [2.24, 2.45) is 4.99 Å². The summed E-state index contributed by atoms with van der Waals surface area (Å²) < 4.78 is 23.8. The van der Waals surface area contributed by atoms with Crippen LogP contribution >= 0.6 is 0 Å². The Morgan fingerprint density at radius 1 is 1.29 bits per heavy atom. The molecule has 0 saturated carbocycles. The van der Waals surface area contributed by atoms with Crippen LogP contribution in [0.2, 0.25) is 0 Å². The molecule has 0 unspecified atom stereocenters. The number of H-pyrrole nitrogens is 1. The Hall–Kier alpha value is -2.02. The van der Waals surface area contributed by atoms with E-state index in [1.54, 1.807) is 13.8 Å². The molecule has 1 aromatic heterocycles. The lowest BCUT2D eigenvalue weighted by Crippen LogP contribution is -2.57. The van der Waals surface area contributed by atoms with Crippen molar-refractivity contribution in [2.75, 3.05) is 31.9 Å². The predicted molar refractivity (Wildman–Crippen MR) is 117 cm³/mol. The number of nitrogens with one attached hydrogen (secondary N) is 2. The zero-order valence-electron chi connectivity index (χ0n) is 17.4. The topological polar surface area (TPSA) is 77.6 Å². The Morgan fingerprint density at radius 2 is 2.07 bits per heavy atom. The van der Waals surface area contributed by atoms with Gasteiger partial charge in [-0.05, 0) is 44.7 Å². The summed E-state index contributed by atoms with van der Waals surface area (Å²) in [6.45, 7) is 10.2. The Morgan fingerprint density at radius 3 is 2.75 bits per heavy atom. The van der Waals surface area contributed by atoms with E-state index in [2.05, 4.69) is 46.5 Å². The number of guanidine groups is 1. The maximum absolute atomic E-state index is 12.3. The van der Waals surface area contributed by atoms with Gasteiger partial charge in [-0.2, -0.15) is 0 Å². The number of para-hydroxylation sites is 1. The fourth-order valence-electron chi connectivity index (χ4n) is 3.81. The van der Waals surface area contributed by atoms with Crippen LogP contribution in [0.5, 0.6) is 0 Å². The average Bonchev–Trinajstić information content (AvgIpc) is 3.06. The van der Waals surface area contributed by atoms with Crippen LogP contribution < -0.4 is 5.32 Å². The highest BCUT2D eigenvalue weighted by Gasteiger charge is 2.40. The number of aryl methyl sites for hydroxylation is 1. The minimum absolute atomic E-state index is 0.173. The molecule has 2 heterocycles. The number of aromatic amines is 1. The SMILES string of the molecule is CCNC(=NCCc1c[nH]c2c(CC)cccc12)N1CCS(=O)(=O)C(C)(C)C1. The summed E-state index contributed by atoms with van der Waals surface area (Å²) in [6.07, 6.45) is 3.94. The van der Waals surface area contributed by atoms with Gasteiger partial charge in [0.1, 0.15) is 0 Å². The van der Waals surface area contributed by atoms with Crippen molar-refractivity contribution in [3.63, 3.8) is 0 Å². The summed E-state index contributed by atoms with van der Waals surface area (Å²) in [5, 5.41) is 4.59. The number of aromatic nitrogens is 1. The number of rotatable bonds is 5. The molecule has 6 nitrogen and oxygen atoms in total. The fourth-order valence-corrected chi connectivity index (χ4v) is 5.18. The van der Waals surface area contributed by atoms with E-state index in [4.69, 9.17) is 4.99 Å². The van der Waals surface area contributed by atoms with Gasteiger partial charge >= 0.3 is 0 Å². The number of aliphatic imine (C=N–C) groups is 1. The summed E-state index contributed by atoms with van der Waals surface area (Å²) >= 11 is 0. The molecule has 2 aromatic rings. The third kappa shape index (κ3) is 4.04. The van der Waals surface area contributed by atoms with Gasteiger partial charge in [-0.1, -0.05) is 25.1 Å². The second-order valence-electron chi connectivity index (χ2n) is 7.99. The van der Waals surface area contributed by atoms with E-state index >= 15 is 0 Å². The maximum Gasteiger partial charge on any atom is 0.194 e. The van der Waals surface area contributed by atoms with E-state index in [-0.39, 0.29) is 5.75 Å². The first-order valence-electron chi connectivity index (χ1n) is 10.1. The second-order valence-corrected chi connectivity index (χ2v) is 10.7. The van der Waals surface area contributed by atoms with Crippen LogP contribution in [0, 0.1) is 0 Å². The zero-order chi connectivity index (χ0) is 20.4. The lowest BCUT2D eigenvalue weighted by molar-refractivity contribution is 0.353. The highest BCUT2D eigenvalue weighted by Crippen LogP contribution is 2.24. The summed E-state index contributed by atoms with van der Waals surface area (Å²) in [5.41, 5.74) is 3.82. The molecular weight excluding hydrogens is 372 g/mol. The maximum atomic E-state index is 12.3. The van der Waals surface area contributed by atoms with Gasteiger partial charge in [-0.25, -0.2) is 8.42 Å². The third-order valence-corrected chi connectivity index (χ3v) is 8.12. The molecule has 0 spiro atoms. The highest BCUT2D eigenvalue weighted by molar-refractivity contribution is 7.92. The van der Waals surface area contributed by atoms with Crippen LogP contribution in [0.25, 0.3) is 10.9 Å². The van der Waals surface area contributed by atoms with Crippen molar-refractivity contribution >= 4 is 26.7 Å². The molecule has 0 amide bonds. The fraction of sp³-hybridized carbons (Fsp3) is 0.571. The van der Waals surface area contributed by atoms with Gasteiger partial charge in [0.15, 0.2) is 15.8 Å². The smallest absolute Gasteiger partial charge is 0.194 e. The molecule has 1 aliphatic rings. The molecule has 0 radical (unpaired) electrons. The van der Waals surface area contributed by atoms with Gasteiger partial charge in [0.05, 0.1) is 10.5 Å². The van der Waals surface area contributed by atoms with E-state index in [1.165, 1.54) is 22.0 Å². The first kappa shape index (κ1) is 20.7. The number of nitrogens with zero attached hydrogens (tertiary/aromatic N) is 2. The molecule has 3 rings (SSSR count). The van der Waals surface area contributed by atoms with Crippen molar-refractivity contribution in [3.8, 4) is 0 Å². The minimum Gasteiger partial charge on any atom is -0.361 e. The second kappa shape index (κ2) is 8.15. The van der Waals surface area contributed by atoms with E-state index < -0.39 is 14.6 Å². The molecule has 1 aliphatic heterocycles. The zero-order valence-corrected chi connectivity index (χ0v) is 18.2. The van der Waals surface area contributed by atoms with Crippen molar-refractivity contribution in [3.05, 3.63) is 35.5 Å². The van der Waals surface area contributed by atoms with Gasteiger partial charge < -0.3 is 15.2 Å². The average molecular weight is 405 g/mol. The van der Waals surface area contributed by atoms with Gasteiger partial charge in [0.2, 0.25) is 0 Å². The number of hydrogen-bond donors (Lipinski definition) is 2. The first-order valence-corrected chi connectivity index (χ1v) is 11.8. The Labute approximate surface area is 168 Å². The van der Waals surface area contributed by atoms with Gasteiger partial charge in [-0.15, -0.1) is 0 Å². The van der Waals surface area contributed by atoms with Crippen LogP contribution in [-0.2, 0) is 22.7 Å². The lowest BCUT2D eigenvalue weighted by atomic mass is 10.1. The van der Waals surface area contributed by atoms with Crippen molar-refractivity contribution in [1.29, 1.82) is 0 Å². The van der Waals surface area contributed by atoms with Crippen LogP contribution in [0.4, 0.5) is 0 Å². The number of benzene rings is 1. The Balaban J connectivity index is 1.74. The molecule has 1 fully saturated rings. The summed E-state index contributed by atoms with van der Waals surface area (Å²) in [4.78, 5) is 10.3. The lowest BCUT2D eigenvalue weighted by Gasteiger charge is -2.39. The Bertz CT molecular complexity index is 960. The predicted octanol–water partition coefficient (Wildman–Crippen LogP) is 2.75. The molecule has 154 valence electrons. The van der Waals surface area contributed by atoms with Crippen LogP contribution in [0.15, 0.2) is 29.4 Å². The third-order valence-electron chi connectivity index (χ3n) is 5.59.